The zero-order valence-electron chi connectivity index (χ0n) is 17.2. The van der Waals surface area contributed by atoms with Gasteiger partial charge >= 0.3 is 11.9 Å². The van der Waals surface area contributed by atoms with Crippen molar-refractivity contribution in [2.24, 2.45) is 0 Å². The summed E-state index contributed by atoms with van der Waals surface area (Å²) < 4.78 is 11.1. The average Bonchev–Trinajstić information content (AvgIpc) is 2.65. The lowest BCUT2D eigenvalue weighted by Gasteiger charge is -2.30. The molecule has 0 amide bonds. The fourth-order valence-electron chi connectivity index (χ4n) is 3.06. The van der Waals surface area contributed by atoms with Crippen LogP contribution in [-0.4, -0.2) is 22.6 Å². The van der Waals surface area contributed by atoms with Crippen LogP contribution in [0.2, 0.25) is 0 Å². The summed E-state index contributed by atoms with van der Waals surface area (Å²) >= 11 is 0. The van der Waals surface area contributed by atoms with E-state index in [1.807, 2.05) is 30.3 Å². The van der Waals surface area contributed by atoms with Gasteiger partial charge in [0, 0.05) is 0 Å². The number of allylic oxidation sites excluding steroid dienone is 1. The normalized spacial score (nSPS) is 13.2. The lowest BCUT2D eigenvalue weighted by Crippen LogP contribution is -2.39. The number of hydrogen-bond acceptors (Lipinski definition) is 4. The zero-order valence-corrected chi connectivity index (χ0v) is 17.2. The first kappa shape index (κ1) is 22.2. The monoisotopic (exact) mass is 396 g/mol. The van der Waals surface area contributed by atoms with E-state index in [1.54, 1.807) is 45.0 Å². The highest BCUT2D eigenvalue weighted by atomic mass is 16.6. The van der Waals surface area contributed by atoms with E-state index in [0.717, 1.165) is 5.56 Å². The SMILES string of the molecule is C=CCC(CC(=O)OC(C)(C)C)(C(=O)O)c1ccc(OCc2ccccc2)cc1. The van der Waals surface area contributed by atoms with E-state index in [4.69, 9.17) is 9.47 Å². The van der Waals surface area contributed by atoms with Crippen LogP contribution < -0.4 is 4.74 Å². The third-order valence-corrected chi connectivity index (χ3v) is 4.42. The van der Waals surface area contributed by atoms with Gasteiger partial charge in [-0.15, -0.1) is 6.58 Å². The van der Waals surface area contributed by atoms with Crippen molar-refractivity contribution >= 4 is 11.9 Å². The van der Waals surface area contributed by atoms with E-state index in [-0.39, 0.29) is 12.8 Å². The Morgan fingerprint density at radius 2 is 1.66 bits per heavy atom. The van der Waals surface area contributed by atoms with E-state index >= 15 is 0 Å². The Morgan fingerprint density at radius 3 is 2.17 bits per heavy atom. The van der Waals surface area contributed by atoms with Gasteiger partial charge in [-0.3, -0.25) is 9.59 Å². The van der Waals surface area contributed by atoms with Crippen molar-refractivity contribution in [3.05, 3.63) is 78.4 Å². The smallest absolute Gasteiger partial charge is 0.315 e. The van der Waals surface area contributed by atoms with Crippen molar-refractivity contribution < 1.29 is 24.2 Å². The number of aliphatic carboxylic acids is 1. The molecule has 1 N–H and O–H groups in total. The summed E-state index contributed by atoms with van der Waals surface area (Å²) in [5.41, 5.74) is -0.594. The van der Waals surface area contributed by atoms with Gasteiger partial charge in [-0.25, -0.2) is 0 Å². The highest BCUT2D eigenvalue weighted by molar-refractivity contribution is 5.88. The molecule has 0 aliphatic carbocycles. The molecule has 2 rings (SSSR count). The first-order valence-electron chi connectivity index (χ1n) is 9.50. The van der Waals surface area contributed by atoms with Crippen LogP contribution >= 0.6 is 0 Å². The maximum atomic E-state index is 12.4. The maximum Gasteiger partial charge on any atom is 0.315 e. The molecule has 0 aliphatic heterocycles. The number of benzene rings is 2. The number of carbonyl (C=O) groups excluding carboxylic acids is 1. The van der Waals surface area contributed by atoms with Gasteiger partial charge in [0.25, 0.3) is 0 Å². The number of hydrogen-bond donors (Lipinski definition) is 1. The minimum atomic E-state index is -1.44. The molecule has 2 aromatic carbocycles. The number of carboxylic acid groups (broad SMARTS) is 1. The van der Waals surface area contributed by atoms with Crippen molar-refractivity contribution in [2.45, 2.75) is 51.2 Å². The molecule has 0 radical (unpaired) electrons. The molecule has 0 saturated carbocycles. The fraction of sp³-hybridized carbons (Fsp3) is 0.333. The Bertz CT molecular complexity index is 834. The van der Waals surface area contributed by atoms with Crippen LogP contribution in [0.1, 0.15) is 44.7 Å². The molecular formula is C24H28O5. The average molecular weight is 396 g/mol. The second-order valence-corrected chi connectivity index (χ2v) is 7.94. The number of carboxylic acids is 1. The van der Waals surface area contributed by atoms with Crippen LogP contribution in [0.4, 0.5) is 0 Å². The molecule has 0 fully saturated rings. The number of esters is 1. The molecule has 0 aromatic heterocycles. The zero-order chi connectivity index (χ0) is 21.5. The summed E-state index contributed by atoms with van der Waals surface area (Å²) in [6, 6.07) is 16.5. The standard InChI is InChI=1S/C24H28O5/c1-5-15-24(22(26)27,16-21(25)29-23(2,3)4)19-11-13-20(14-12-19)28-17-18-9-7-6-8-10-18/h5-14H,1,15-17H2,2-4H3,(H,26,27). The second kappa shape index (κ2) is 9.41. The van der Waals surface area contributed by atoms with Crippen LogP contribution in [-0.2, 0) is 26.3 Å². The first-order chi connectivity index (χ1) is 13.7. The molecule has 0 saturated heterocycles. The third-order valence-electron chi connectivity index (χ3n) is 4.42. The van der Waals surface area contributed by atoms with Gasteiger partial charge in [0.1, 0.15) is 23.4 Å². The summed E-state index contributed by atoms with van der Waals surface area (Å²) in [7, 11) is 0. The summed E-state index contributed by atoms with van der Waals surface area (Å²) in [6.45, 7) is 9.34. The van der Waals surface area contributed by atoms with Gasteiger partial charge in [0.05, 0.1) is 6.42 Å². The minimum Gasteiger partial charge on any atom is -0.489 e. The van der Waals surface area contributed by atoms with E-state index in [9.17, 15) is 14.7 Å². The second-order valence-electron chi connectivity index (χ2n) is 7.94. The van der Waals surface area contributed by atoms with Gasteiger partial charge in [-0.2, -0.15) is 0 Å². The number of carbonyl (C=O) groups is 2. The molecule has 0 bridgehead atoms. The Kier molecular flexibility index (Phi) is 7.21. The van der Waals surface area contributed by atoms with E-state index < -0.39 is 23.0 Å². The molecule has 0 spiro atoms. The largest absolute Gasteiger partial charge is 0.489 e. The molecule has 0 aliphatic rings. The van der Waals surface area contributed by atoms with Gasteiger partial charge in [-0.05, 0) is 50.5 Å². The number of ether oxygens (including phenoxy) is 2. The van der Waals surface area contributed by atoms with Gasteiger partial charge in [0.2, 0.25) is 0 Å². The lowest BCUT2D eigenvalue weighted by molar-refractivity contribution is -0.161. The Morgan fingerprint density at radius 1 is 1.03 bits per heavy atom. The topological polar surface area (TPSA) is 72.8 Å². The summed E-state index contributed by atoms with van der Waals surface area (Å²) in [4.78, 5) is 24.6. The van der Waals surface area contributed by atoms with Crippen LogP contribution in [0.3, 0.4) is 0 Å². The van der Waals surface area contributed by atoms with Crippen molar-refractivity contribution in [3.63, 3.8) is 0 Å². The predicted molar refractivity (Wildman–Crippen MR) is 112 cm³/mol. The van der Waals surface area contributed by atoms with Crippen LogP contribution in [0.15, 0.2) is 67.3 Å². The van der Waals surface area contributed by atoms with E-state index in [2.05, 4.69) is 6.58 Å². The van der Waals surface area contributed by atoms with Crippen molar-refractivity contribution in [2.75, 3.05) is 0 Å². The highest BCUT2D eigenvalue weighted by Crippen LogP contribution is 2.35. The Balaban J connectivity index is 2.22. The lowest BCUT2D eigenvalue weighted by atomic mass is 9.75. The highest BCUT2D eigenvalue weighted by Gasteiger charge is 2.42. The van der Waals surface area contributed by atoms with Gasteiger partial charge in [-0.1, -0.05) is 48.5 Å². The molecule has 154 valence electrons. The predicted octanol–water partition coefficient (Wildman–Crippen LogP) is 4.90. The molecule has 0 heterocycles. The third kappa shape index (κ3) is 6.21. The molecule has 1 atom stereocenters. The molecule has 5 nitrogen and oxygen atoms in total. The van der Waals surface area contributed by atoms with Crippen LogP contribution in [0.25, 0.3) is 0 Å². The molecule has 29 heavy (non-hydrogen) atoms. The van der Waals surface area contributed by atoms with Crippen molar-refractivity contribution in [1.82, 2.24) is 0 Å². The van der Waals surface area contributed by atoms with Crippen LogP contribution in [0, 0.1) is 0 Å². The summed E-state index contributed by atoms with van der Waals surface area (Å²) in [6.07, 6.45) is 1.33. The Labute approximate surface area is 172 Å². The molecule has 1 unspecified atom stereocenters. The fourth-order valence-corrected chi connectivity index (χ4v) is 3.06. The molecule has 2 aromatic rings. The summed E-state index contributed by atoms with van der Waals surface area (Å²) in [5.74, 6) is -1.04. The first-order valence-corrected chi connectivity index (χ1v) is 9.50. The van der Waals surface area contributed by atoms with E-state index in [0.29, 0.717) is 17.9 Å². The summed E-state index contributed by atoms with van der Waals surface area (Å²) in [5, 5.41) is 9.99. The quantitative estimate of drug-likeness (QED) is 0.482. The Hall–Kier alpha value is -3.08. The van der Waals surface area contributed by atoms with Crippen molar-refractivity contribution in [3.8, 4) is 5.75 Å². The number of rotatable bonds is 9. The van der Waals surface area contributed by atoms with Crippen molar-refractivity contribution in [1.29, 1.82) is 0 Å². The molecular weight excluding hydrogens is 368 g/mol. The minimum absolute atomic E-state index is 0.103. The maximum absolute atomic E-state index is 12.4. The van der Waals surface area contributed by atoms with Gasteiger partial charge in [0.15, 0.2) is 0 Å². The van der Waals surface area contributed by atoms with Crippen LogP contribution in [0.5, 0.6) is 5.75 Å². The van der Waals surface area contributed by atoms with E-state index in [1.165, 1.54) is 6.08 Å². The molecule has 5 heteroatoms. The van der Waals surface area contributed by atoms with Gasteiger partial charge < -0.3 is 14.6 Å².